The summed E-state index contributed by atoms with van der Waals surface area (Å²) in [6.45, 7) is 1.84. The van der Waals surface area contributed by atoms with E-state index in [0.717, 1.165) is 0 Å². The highest BCUT2D eigenvalue weighted by atomic mass is 16.6. The number of hydrogen-bond donors (Lipinski definition) is 5. The van der Waals surface area contributed by atoms with Crippen LogP contribution in [0.1, 0.15) is 13.8 Å². The summed E-state index contributed by atoms with van der Waals surface area (Å²) in [6, 6.07) is -1.15. The van der Waals surface area contributed by atoms with Gasteiger partial charge in [-0.05, 0) is 6.92 Å². The van der Waals surface area contributed by atoms with E-state index in [0.29, 0.717) is 0 Å². The fourth-order valence-corrected chi connectivity index (χ4v) is 1.93. The molecule has 6 atom stereocenters. The van der Waals surface area contributed by atoms with Crippen LogP contribution in [0.15, 0.2) is 0 Å². The Morgan fingerprint density at radius 2 is 2.00 bits per heavy atom. The minimum absolute atomic E-state index is 0.510. The third-order valence-electron chi connectivity index (χ3n) is 2.95. The molecule has 0 aliphatic carbocycles. The zero-order valence-corrected chi connectivity index (χ0v) is 11.1. The number of aliphatic hydroxyl groups is 3. The zero-order chi connectivity index (χ0) is 15.4. The normalized spacial score (nSPS) is 35.4. The highest BCUT2D eigenvalue weighted by Crippen LogP contribution is 2.23. The average Bonchev–Trinajstić information content (AvgIpc) is 2.36. The van der Waals surface area contributed by atoms with Crippen molar-refractivity contribution in [1.29, 1.82) is 0 Å². The molecule has 5 N–H and O–H groups in total. The predicted molar refractivity (Wildman–Crippen MR) is 63.5 cm³/mol. The number of aliphatic hydroxyl groups excluding tert-OH is 3. The van der Waals surface area contributed by atoms with Gasteiger partial charge in [0.05, 0.1) is 6.61 Å². The van der Waals surface area contributed by atoms with E-state index < -0.39 is 55.2 Å². The van der Waals surface area contributed by atoms with Crippen LogP contribution in [0, 0.1) is 0 Å². The average molecular weight is 293 g/mol. The molecule has 2 unspecified atom stereocenters. The van der Waals surface area contributed by atoms with Gasteiger partial charge in [0, 0.05) is 6.92 Å². The molecule has 1 saturated heterocycles. The Morgan fingerprint density at radius 3 is 2.45 bits per heavy atom. The SMILES string of the molecule is CC(=O)N[C@H]1C(O)O[C@H](CO)[C@@H](O)[C@@H]1OC(C)C(=O)O. The summed E-state index contributed by atoms with van der Waals surface area (Å²) in [4.78, 5) is 21.9. The molecule has 0 radical (unpaired) electrons. The summed E-state index contributed by atoms with van der Waals surface area (Å²) >= 11 is 0. The molecule has 20 heavy (non-hydrogen) atoms. The first kappa shape index (κ1) is 16.8. The Hall–Kier alpha value is -1.26. The van der Waals surface area contributed by atoms with Gasteiger partial charge in [0.15, 0.2) is 12.4 Å². The number of rotatable bonds is 5. The number of ether oxygens (including phenoxy) is 2. The molecule has 0 aromatic rings. The predicted octanol–water partition coefficient (Wildman–Crippen LogP) is -2.58. The number of amides is 1. The van der Waals surface area contributed by atoms with Crippen molar-refractivity contribution in [1.82, 2.24) is 5.32 Å². The highest BCUT2D eigenvalue weighted by molar-refractivity contribution is 5.73. The van der Waals surface area contributed by atoms with Crippen LogP contribution in [0.4, 0.5) is 0 Å². The Labute approximate surface area is 115 Å². The first-order chi connectivity index (χ1) is 9.27. The first-order valence-corrected chi connectivity index (χ1v) is 6.05. The Bertz CT molecular complexity index is 362. The Kier molecular flexibility index (Phi) is 5.84. The van der Waals surface area contributed by atoms with Gasteiger partial charge >= 0.3 is 5.97 Å². The summed E-state index contributed by atoms with van der Waals surface area (Å²) in [5.41, 5.74) is 0. The van der Waals surface area contributed by atoms with E-state index in [1.54, 1.807) is 0 Å². The number of carbonyl (C=O) groups excluding carboxylic acids is 1. The smallest absolute Gasteiger partial charge is 0.332 e. The van der Waals surface area contributed by atoms with Crippen molar-refractivity contribution in [3.05, 3.63) is 0 Å². The van der Waals surface area contributed by atoms with Crippen molar-refractivity contribution >= 4 is 11.9 Å². The molecule has 0 aromatic heterocycles. The third-order valence-corrected chi connectivity index (χ3v) is 2.95. The molecule has 0 bridgehead atoms. The maximum atomic E-state index is 11.1. The van der Waals surface area contributed by atoms with Crippen molar-refractivity contribution in [3.8, 4) is 0 Å². The fraction of sp³-hybridized carbons (Fsp3) is 0.818. The monoisotopic (exact) mass is 293 g/mol. The van der Waals surface area contributed by atoms with Gasteiger partial charge in [-0.25, -0.2) is 4.79 Å². The van der Waals surface area contributed by atoms with E-state index in [1.165, 1.54) is 13.8 Å². The van der Waals surface area contributed by atoms with Gasteiger partial charge in [0.1, 0.15) is 24.4 Å². The highest BCUT2D eigenvalue weighted by Gasteiger charge is 2.46. The molecule has 1 heterocycles. The number of aliphatic carboxylic acids is 1. The van der Waals surface area contributed by atoms with Gasteiger partial charge in [-0.3, -0.25) is 4.79 Å². The number of carboxylic acids is 1. The maximum absolute atomic E-state index is 11.1. The second-order valence-electron chi connectivity index (χ2n) is 4.55. The summed E-state index contributed by atoms with van der Waals surface area (Å²) < 4.78 is 10.1. The Balaban J connectivity index is 2.92. The molecule has 0 saturated carbocycles. The molecule has 1 aliphatic heterocycles. The summed E-state index contributed by atoms with van der Waals surface area (Å²) in [7, 11) is 0. The van der Waals surface area contributed by atoms with Gasteiger partial charge in [-0.2, -0.15) is 0 Å². The minimum Gasteiger partial charge on any atom is -0.479 e. The van der Waals surface area contributed by atoms with Gasteiger partial charge < -0.3 is 35.2 Å². The van der Waals surface area contributed by atoms with Crippen LogP contribution in [0.2, 0.25) is 0 Å². The Morgan fingerprint density at radius 1 is 1.40 bits per heavy atom. The number of hydrogen-bond acceptors (Lipinski definition) is 7. The van der Waals surface area contributed by atoms with Crippen molar-refractivity contribution in [3.63, 3.8) is 0 Å². The number of nitrogens with one attached hydrogen (secondary N) is 1. The molecular weight excluding hydrogens is 274 g/mol. The second kappa shape index (κ2) is 6.95. The molecule has 116 valence electrons. The summed E-state index contributed by atoms with van der Waals surface area (Å²) in [5, 5.41) is 40.0. The molecule has 9 nitrogen and oxygen atoms in total. The van der Waals surface area contributed by atoms with Gasteiger partial charge in [0.25, 0.3) is 0 Å². The number of carbonyl (C=O) groups is 2. The van der Waals surface area contributed by atoms with E-state index in [-0.39, 0.29) is 0 Å². The van der Waals surface area contributed by atoms with Crippen molar-refractivity contribution < 1.29 is 39.5 Å². The molecule has 1 fully saturated rings. The van der Waals surface area contributed by atoms with Crippen LogP contribution in [0.3, 0.4) is 0 Å². The van der Waals surface area contributed by atoms with Crippen molar-refractivity contribution in [2.75, 3.05) is 6.61 Å². The van der Waals surface area contributed by atoms with Crippen LogP contribution in [-0.2, 0) is 19.1 Å². The van der Waals surface area contributed by atoms with Gasteiger partial charge in [-0.1, -0.05) is 0 Å². The molecule has 1 amide bonds. The quantitative estimate of drug-likeness (QED) is 0.371. The van der Waals surface area contributed by atoms with E-state index in [1.807, 2.05) is 0 Å². The lowest BCUT2D eigenvalue weighted by molar-refractivity contribution is -0.267. The molecule has 0 spiro atoms. The van der Waals surface area contributed by atoms with E-state index >= 15 is 0 Å². The van der Waals surface area contributed by atoms with E-state index in [4.69, 9.17) is 19.7 Å². The summed E-state index contributed by atoms with van der Waals surface area (Å²) in [6.07, 6.45) is -6.57. The minimum atomic E-state index is -1.54. The topological polar surface area (TPSA) is 146 Å². The van der Waals surface area contributed by atoms with Crippen molar-refractivity contribution in [2.45, 2.75) is 50.6 Å². The van der Waals surface area contributed by atoms with Crippen LogP contribution in [0.5, 0.6) is 0 Å². The molecule has 9 heteroatoms. The van der Waals surface area contributed by atoms with Crippen molar-refractivity contribution in [2.24, 2.45) is 0 Å². The van der Waals surface area contributed by atoms with Crippen LogP contribution in [0.25, 0.3) is 0 Å². The number of carboxylic acid groups (broad SMARTS) is 1. The second-order valence-corrected chi connectivity index (χ2v) is 4.55. The lowest BCUT2D eigenvalue weighted by Crippen LogP contribution is -2.65. The van der Waals surface area contributed by atoms with Gasteiger partial charge in [-0.15, -0.1) is 0 Å². The third kappa shape index (κ3) is 3.87. The first-order valence-electron chi connectivity index (χ1n) is 6.05. The standard InChI is InChI=1S/C11H19NO8/c1-4(10(16)17)19-9-7(12-5(2)14)11(18)20-6(3-13)8(9)15/h4,6-9,11,13,15,18H,3H2,1-2H3,(H,12,14)(H,16,17)/t4?,6-,7-,8-,9-,11?/m1/s1. The fourth-order valence-electron chi connectivity index (χ4n) is 1.93. The maximum Gasteiger partial charge on any atom is 0.332 e. The van der Waals surface area contributed by atoms with Crippen LogP contribution < -0.4 is 5.32 Å². The lowest BCUT2D eigenvalue weighted by Gasteiger charge is -2.42. The van der Waals surface area contributed by atoms with Gasteiger partial charge in [0.2, 0.25) is 5.91 Å². The summed E-state index contributed by atoms with van der Waals surface area (Å²) in [5.74, 6) is -1.77. The lowest BCUT2D eigenvalue weighted by atomic mass is 9.96. The van der Waals surface area contributed by atoms with E-state index in [2.05, 4.69) is 5.32 Å². The van der Waals surface area contributed by atoms with E-state index in [9.17, 15) is 19.8 Å². The molecule has 0 aromatic carbocycles. The van der Waals surface area contributed by atoms with Crippen LogP contribution in [-0.4, -0.2) is 75.7 Å². The van der Waals surface area contributed by atoms with Crippen LogP contribution >= 0.6 is 0 Å². The molecule has 1 aliphatic rings. The molecular formula is C11H19NO8. The largest absolute Gasteiger partial charge is 0.479 e. The zero-order valence-electron chi connectivity index (χ0n) is 11.1. The molecule has 1 rings (SSSR count).